The monoisotopic (exact) mass is 283 g/mol. The number of nitrogens with one attached hydrogen (secondary N) is 1. The molecule has 0 saturated carbocycles. The third-order valence-corrected chi connectivity index (χ3v) is 4.22. The van der Waals surface area contributed by atoms with Gasteiger partial charge in [-0.15, -0.1) is 0 Å². The molecule has 2 aromatic rings. The Morgan fingerprint density at radius 2 is 2.00 bits per heavy atom. The zero-order valence-electron chi connectivity index (χ0n) is 13.0. The molecule has 0 amide bonds. The van der Waals surface area contributed by atoms with Crippen molar-refractivity contribution in [2.24, 2.45) is 5.92 Å². The molecule has 1 saturated heterocycles. The van der Waals surface area contributed by atoms with Crippen molar-refractivity contribution in [3.8, 4) is 0 Å². The van der Waals surface area contributed by atoms with E-state index < -0.39 is 0 Å². The summed E-state index contributed by atoms with van der Waals surface area (Å²) >= 11 is 0. The van der Waals surface area contributed by atoms with E-state index in [2.05, 4.69) is 53.3 Å². The van der Waals surface area contributed by atoms with Crippen molar-refractivity contribution in [3.63, 3.8) is 0 Å². The summed E-state index contributed by atoms with van der Waals surface area (Å²) in [5.41, 5.74) is 2.29. The molecule has 1 N–H and O–H groups in total. The van der Waals surface area contributed by atoms with Gasteiger partial charge in [0.15, 0.2) is 0 Å². The molecule has 3 nitrogen and oxygen atoms in total. The van der Waals surface area contributed by atoms with E-state index in [4.69, 9.17) is 0 Å². The highest BCUT2D eigenvalue weighted by molar-refractivity contribution is 5.91. The molecule has 1 aromatic carbocycles. The first kappa shape index (κ1) is 14.3. The summed E-state index contributed by atoms with van der Waals surface area (Å²) in [5, 5.41) is 4.96. The highest BCUT2D eigenvalue weighted by Crippen LogP contribution is 2.24. The van der Waals surface area contributed by atoms with Crippen molar-refractivity contribution in [3.05, 3.63) is 36.5 Å². The maximum Gasteiger partial charge on any atom is 0.0722 e. The molecule has 3 heteroatoms. The molecule has 0 radical (unpaired) electrons. The summed E-state index contributed by atoms with van der Waals surface area (Å²) in [7, 11) is 0. The minimum absolute atomic E-state index is 0.583. The van der Waals surface area contributed by atoms with E-state index in [1.165, 1.54) is 43.5 Å². The lowest BCUT2D eigenvalue weighted by Crippen LogP contribution is -2.40. The van der Waals surface area contributed by atoms with Crippen LogP contribution < -0.4 is 5.32 Å². The van der Waals surface area contributed by atoms with E-state index in [0.717, 1.165) is 11.4 Å². The zero-order chi connectivity index (χ0) is 14.7. The normalized spacial score (nSPS) is 17.5. The van der Waals surface area contributed by atoms with Crippen molar-refractivity contribution >= 4 is 16.6 Å². The summed E-state index contributed by atoms with van der Waals surface area (Å²) in [6.07, 6.45) is 4.31. The predicted octanol–water partition coefficient (Wildman–Crippen LogP) is 3.77. The van der Waals surface area contributed by atoms with Crippen LogP contribution in [0.3, 0.4) is 0 Å². The van der Waals surface area contributed by atoms with Crippen LogP contribution in [-0.4, -0.2) is 35.6 Å². The van der Waals surface area contributed by atoms with Crippen LogP contribution in [0.15, 0.2) is 36.5 Å². The van der Waals surface area contributed by atoms with Crippen LogP contribution in [0.5, 0.6) is 0 Å². The van der Waals surface area contributed by atoms with Gasteiger partial charge in [0, 0.05) is 42.9 Å². The Morgan fingerprint density at radius 3 is 2.76 bits per heavy atom. The average Bonchev–Trinajstić information content (AvgIpc) is 2.49. The van der Waals surface area contributed by atoms with Crippen LogP contribution in [0.2, 0.25) is 0 Å². The lowest BCUT2D eigenvalue weighted by Gasteiger charge is -2.34. The Kier molecular flexibility index (Phi) is 4.39. The Hall–Kier alpha value is -1.61. The molecule has 3 rings (SSSR count). The Balaban J connectivity index is 1.65. The van der Waals surface area contributed by atoms with Crippen molar-refractivity contribution in [2.75, 3.05) is 25.0 Å². The number of fused-ring (bicyclic) bond motifs is 1. The van der Waals surface area contributed by atoms with Crippen LogP contribution in [0.4, 0.5) is 5.69 Å². The molecule has 2 heterocycles. The molecule has 1 fully saturated rings. The standard InChI is InChI=1S/C18H25N3/c1-14(2)13-21-11-8-15(9-12-21)20-18-7-3-6-17-16(18)5-4-10-19-17/h3-7,10,14-15,20H,8-9,11-13H2,1-2H3. The maximum atomic E-state index is 4.43. The number of rotatable bonds is 4. The number of hydrogen-bond acceptors (Lipinski definition) is 3. The summed E-state index contributed by atoms with van der Waals surface area (Å²) in [6, 6.07) is 11.1. The van der Waals surface area contributed by atoms with E-state index in [0.29, 0.717) is 6.04 Å². The molecule has 21 heavy (non-hydrogen) atoms. The molecule has 1 aromatic heterocycles. The lowest BCUT2D eigenvalue weighted by atomic mass is 10.0. The van der Waals surface area contributed by atoms with E-state index in [1.54, 1.807) is 0 Å². The van der Waals surface area contributed by atoms with Crippen molar-refractivity contribution < 1.29 is 0 Å². The van der Waals surface area contributed by atoms with Gasteiger partial charge in [0.05, 0.1) is 5.52 Å². The predicted molar refractivity (Wildman–Crippen MR) is 89.7 cm³/mol. The smallest absolute Gasteiger partial charge is 0.0722 e. The van der Waals surface area contributed by atoms with Gasteiger partial charge in [0.25, 0.3) is 0 Å². The number of hydrogen-bond donors (Lipinski definition) is 1. The first-order chi connectivity index (χ1) is 10.2. The molecule has 0 atom stereocenters. The number of pyridine rings is 1. The van der Waals surface area contributed by atoms with Gasteiger partial charge in [-0.25, -0.2) is 0 Å². The van der Waals surface area contributed by atoms with Gasteiger partial charge in [-0.05, 0) is 43.0 Å². The quantitative estimate of drug-likeness (QED) is 0.926. The van der Waals surface area contributed by atoms with E-state index >= 15 is 0 Å². The number of likely N-dealkylation sites (tertiary alicyclic amines) is 1. The zero-order valence-corrected chi connectivity index (χ0v) is 13.0. The van der Waals surface area contributed by atoms with Crippen molar-refractivity contribution in [1.29, 1.82) is 0 Å². The molecule has 0 unspecified atom stereocenters. The third-order valence-electron chi connectivity index (χ3n) is 4.22. The lowest BCUT2D eigenvalue weighted by molar-refractivity contribution is 0.198. The number of nitrogens with zero attached hydrogens (tertiary/aromatic N) is 2. The van der Waals surface area contributed by atoms with Gasteiger partial charge in [-0.1, -0.05) is 19.9 Å². The SMILES string of the molecule is CC(C)CN1CCC(Nc2cccc3ncccc23)CC1. The largest absolute Gasteiger partial charge is 0.382 e. The van der Waals surface area contributed by atoms with Crippen LogP contribution >= 0.6 is 0 Å². The summed E-state index contributed by atoms with van der Waals surface area (Å²) < 4.78 is 0. The highest BCUT2D eigenvalue weighted by Gasteiger charge is 2.19. The number of benzene rings is 1. The van der Waals surface area contributed by atoms with Crippen LogP contribution in [0.1, 0.15) is 26.7 Å². The van der Waals surface area contributed by atoms with Gasteiger partial charge in [0.2, 0.25) is 0 Å². The number of anilines is 1. The minimum Gasteiger partial charge on any atom is -0.382 e. The van der Waals surface area contributed by atoms with E-state index in [-0.39, 0.29) is 0 Å². The molecule has 1 aliphatic rings. The molecule has 0 bridgehead atoms. The molecular formula is C18H25N3. The summed E-state index contributed by atoms with van der Waals surface area (Å²) in [4.78, 5) is 7.02. The van der Waals surface area contributed by atoms with Crippen LogP contribution in [0, 0.1) is 5.92 Å². The fourth-order valence-electron chi connectivity index (χ4n) is 3.23. The second-order valence-corrected chi connectivity index (χ2v) is 6.49. The molecule has 0 spiro atoms. The first-order valence-corrected chi connectivity index (χ1v) is 8.05. The maximum absolute atomic E-state index is 4.43. The summed E-state index contributed by atoms with van der Waals surface area (Å²) in [5.74, 6) is 0.763. The van der Waals surface area contributed by atoms with Gasteiger partial charge in [-0.2, -0.15) is 0 Å². The first-order valence-electron chi connectivity index (χ1n) is 8.05. The topological polar surface area (TPSA) is 28.2 Å². The van der Waals surface area contributed by atoms with Gasteiger partial charge in [0.1, 0.15) is 0 Å². The van der Waals surface area contributed by atoms with E-state index in [9.17, 15) is 0 Å². The summed E-state index contributed by atoms with van der Waals surface area (Å²) in [6.45, 7) is 8.24. The molecule has 112 valence electrons. The minimum atomic E-state index is 0.583. The number of piperidine rings is 1. The fourth-order valence-corrected chi connectivity index (χ4v) is 3.23. The van der Waals surface area contributed by atoms with Gasteiger partial charge >= 0.3 is 0 Å². The number of aromatic nitrogens is 1. The van der Waals surface area contributed by atoms with Crippen molar-refractivity contribution in [1.82, 2.24) is 9.88 Å². The van der Waals surface area contributed by atoms with Gasteiger partial charge < -0.3 is 10.2 Å². The highest BCUT2D eigenvalue weighted by atomic mass is 15.1. The Morgan fingerprint density at radius 1 is 1.19 bits per heavy atom. The molecule has 0 aliphatic carbocycles. The molecular weight excluding hydrogens is 258 g/mol. The van der Waals surface area contributed by atoms with Crippen LogP contribution in [-0.2, 0) is 0 Å². The van der Waals surface area contributed by atoms with E-state index in [1.807, 2.05) is 12.3 Å². The van der Waals surface area contributed by atoms with Crippen molar-refractivity contribution in [2.45, 2.75) is 32.7 Å². The second-order valence-electron chi connectivity index (χ2n) is 6.49. The Labute approximate surface area is 127 Å². The average molecular weight is 283 g/mol. The van der Waals surface area contributed by atoms with Crippen LogP contribution in [0.25, 0.3) is 10.9 Å². The molecule has 1 aliphatic heterocycles. The second kappa shape index (κ2) is 6.44. The third kappa shape index (κ3) is 3.53. The Bertz CT molecular complexity index is 581. The fraction of sp³-hybridized carbons (Fsp3) is 0.500. The van der Waals surface area contributed by atoms with Gasteiger partial charge in [-0.3, -0.25) is 4.98 Å².